The molecule has 0 fully saturated rings. The summed E-state index contributed by atoms with van der Waals surface area (Å²) in [5, 5.41) is 3.92. The second-order valence-corrected chi connectivity index (χ2v) is 7.60. The maximum Gasteiger partial charge on any atom is 0.262 e. The molecule has 130 valence electrons. The Labute approximate surface area is 154 Å². The molecule has 0 aliphatic rings. The summed E-state index contributed by atoms with van der Waals surface area (Å²) in [5.74, 6) is -0.198. The maximum absolute atomic E-state index is 12.6. The van der Waals surface area contributed by atoms with Gasteiger partial charge < -0.3 is 5.32 Å². The zero-order valence-electron chi connectivity index (χ0n) is 14.2. The summed E-state index contributed by atoms with van der Waals surface area (Å²) in [5.41, 5.74) is 2.45. The van der Waals surface area contributed by atoms with E-state index in [-0.39, 0.29) is 24.4 Å². The summed E-state index contributed by atoms with van der Waals surface area (Å²) in [6, 6.07) is 5.44. The molecule has 0 aliphatic heterocycles. The number of anilines is 1. The Hall–Kier alpha value is -2.18. The first-order chi connectivity index (χ1) is 11.9. The number of aryl methyl sites for hydroxylation is 4. The SMILES string of the molecule is Cc1ccc(NC(=O)CCn2cnc3sc(C)c(C)c3c2=O)c(Cl)c1. The van der Waals surface area contributed by atoms with Crippen molar-refractivity contribution >= 4 is 44.7 Å². The molecule has 2 heterocycles. The number of carbonyl (C=O) groups excluding carboxylic acids is 1. The lowest BCUT2D eigenvalue weighted by molar-refractivity contribution is -0.116. The fourth-order valence-corrected chi connectivity index (χ4v) is 3.86. The van der Waals surface area contributed by atoms with Crippen LogP contribution in [-0.4, -0.2) is 15.5 Å². The first-order valence-electron chi connectivity index (χ1n) is 7.88. The third-order valence-corrected chi connectivity index (χ3v) is 5.56. The first-order valence-corrected chi connectivity index (χ1v) is 9.07. The quantitative estimate of drug-likeness (QED) is 0.747. The number of carbonyl (C=O) groups is 1. The Bertz CT molecular complexity index is 1020. The predicted molar refractivity (Wildman–Crippen MR) is 103 cm³/mol. The number of rotatable bonds is 4. The predicted octanol–water partition coefficient (Wildman–Crippen LogP) is 4.07. The minimum Gasteiger partial charge on any atom is -0.325 e. The fraction of sp³-hybridized carbons (Fsp3) is 0.278. The monoisotopic (exact) mass is 375 g/mol. The van der Waals surface area contributed by atoms with E-state index in [9.17, 15) is 9.59 Å². The molecule has 1 N–H and O–H groups in total. The highest BCUT2D eigenvalue weighted by Gasteiger charge is 2.13. The van der Waals surface area contributed by atoms with Crippen molar-refractivity contribution in [2.24, 2.45) is 0 Å². The number of fused-ring (bicyclic) bond motifs is 1. The highest BCUT2D eigenvalue weighted by atomic mass is 35.5. The largest absolute Gasteiger partial charge is 0.325 e. The van der Waals surface area contributed by atoms with Crippen LogP contribution >= 0.6 is 22.9 Å². The van der Waals surface area contributed by atoms with Crippen LogP contribution in [0.5, 0.6) is 0 Å². The highest BCUT2D eigenvalue weighted by molar-refractivity contribution is 7.18. The van der Waals surface area contributed by atoms with E-state index in [0.717, 1.165) is 20.8 Å². The topological polar surface area (TPSA) is 64.0 Å². The van der Waals surface area contributed by atoms with Gasteiger partial charge >= 0.3 is 0 Å². The van der Waals surface area contributed by atoms with E-state index in [4.69, 9.17) is 11.6 Å². The van der Waals surface area contributed by atoms with Gasteiger partial charge in [-0.25, -0.2) is 4.98 Å². The van der Waals surface area contributed by atoms with Gasteiger partial charge in [0, 0.05) is 17.8 Å². The Morgan fingerprint density at radius 2 is 2.08 bits per heavy atom. The molecule has 0 bridgehead atoms. The zero-order valence-corrected chi connectivity index (χ0v) is 15.8. The van der Waals surface area contributed by atoms with Crippen molar-refractivity contribution in [1.82, 2.24) is 9.55 Å². The van der Waals surface area contributed by atoms with E-state index >= 15 is 0 Å². The molecule has 1 aromatic carbocycles. The summed E-state index contributed by atoms with van der Waals surface area (Å²) in [7, 11) is 0. The maximum atomic E-state index is 12.6. The molecule has 5 nitrogen and oxygen atoms in total. The van der Waals surface area contributed by atoms with Crippen LogP contribution in [0.1, 0.15) is 22.4 Å². The number of halogens is 1. The number of nitrogens with zero attached hydrogens (tertiary/aromatic N) is 2. The Kier molecular flexibility index (Phi) is 4.92. The summed E-state index contributed by atoms with van der Waals surface area (Å²) in [4.78, 5) is 30.9. The van der Waals surface area contributed by atoms with Gasteiger partial charge in [0.2, 0.25) is 5.91 Å². The van der Waals surface area contributed by atoms with Gasteiger partial charge in [-0.3, -0.25) is 14.2 Å². The van der Waals surface area contributed by atoms with Crippen LogP contribution in [0.25, 0.3) is 10.2 Å². The lowest BCUT2D eigenvalue weighted by Crippen LogP contribution is -2.23. The molecule has 0 saturated carbocycles. The molecule has 0 spiro atoms. The molecule has 0 atom stereocenters. The van der Waals surface area contributed by atoms with E-state index in [1.54, 1.807) is 12.1 Å². The minimum absolute atomic E-state index is 0.104. The van der Waals surface area contributed by atoms with Crippen LogP contribution in [0.2, 0.25) is 5.02 Å². The van der Waals surface area contributed by atoms with Crippen LogP contribution in [0, 0.1) is 20.8 Å². The fourth-order valence-electron chi connectivity index (χ4n) is 2.59. The normalized spacial score (nSPS) is 11.0. The number of aromatic nitrogens is 2. The van der Waals surface area contributed by atoms with Crippen molar-refractivity contribution in [3.63, 3.8) is 0 Å². The van der Waals surface area contributed by atoms with Gasteiger partial charge in [-0.1, -0.05) is 17.7 Å². The molecule has 0 radical (unpaired) electrons. The highest BCUT2D eigenvalue weighted by Crippen LogP contribution is 2.25. The molecule has 0 aliphatic carbocycles. The molecule has 7 heteroatoms. The standard InChI is InChI=1S/C18H18ClN3O2S/c1-10-4-5-14(13(19)8-10)21-15(23)6-7-22-9-20-17-16(18(22)24)11(2)12(3)25-17/h4-5,8-9H,6-7H2,1-3H3,(H,21,23). The van der Waals surface area contributed by atoms with Crippen molar-refractivity contribution in [2.75, 3.05) is 5.32 Å². The van der Waals surface area contributed by atoms with Crippen LogP contribution in [-0.2, 0) is 11.3 Å². The van der Waals surface area contributed by atoms with Crippen LogP contribution in [0.15, 0.2) is 29.3 Å². The van der Waals surface area contributed by atoms with Gasteiger partial charge in [-0.15, -0.1) is 11.3 Å². The van der Waals surface area contributed by atoms with E-state index in [0.29, 0.717) is 16.1 Å². The van der Waals surface area contributed by atoms with Gasteiger partial charge in [0.05, 0.1) is 22.4 Å². The number of amides is 1. The second kappa shape index (κ2) is 6.98. The Balaban J connectivity index is 1.74. The van der Waals surface area contributed by atoms with E-state index in [2.05, 4.69) is 10.3 Å². The van der Waals surface area contributed by atoms with Crippen molar-refractivity contribution in [1.29, 1.82) is 0 Å². The lowest BCUT2D eigenvalue weighted by atomic mass is 10.2. The van der Waals surface area contributed by atoms with Crippen LogP contribution in [0.4, 0.5) is 5.69 Å². The van der Waals surface area contributed by atoms with Crippen LogP contribution in [0.3, 0.4) is 0 Å². The lowest BCUT2D eigenvalue weighted by Gasteiger charge is -2.09. The molecule has 0 saturated heterocycles. The van der Waals surface area contributed by atoms with E-state index in [1.165, 1.54) is 22.2 Å². The van der Waals surface area contributed by atoms with Gasteiger partial charge in [0.25, 0.3) is 5.56 Å². The van der Waals surface area contributed by atoms with Gasteiger partial charge in [-0.05, 0) is 44.0 Å². The first kappa shape index (κ1) is 17.6. The Morgan fingerprint density at radius 3 is 2.80 bits per heavy atom. The van der Waals surface area contributed by atoms with Crippen molar-refractivity contribution in [3.05, 3.63) is 55.9 Å². The van der Waals surface area contributed by atoms with Crippen molar-refractivity contribution < 1.29 is 4.79 Å². The molecule has 3 rings (SSSR count). The van der Waals surface area contributed by atoms with Crippen LogP contribution < -0.4 is 10.9 Å². The Morgan fingerprint density at radius 1 is 1.32 bits per heavy atom. The summed E-state index contributed by atoms with van der Waals surface area (Å²) in [6.07, 6.45) is 1.67. The third kappa shape index (κ3) is 3.60. The molecular weight excluding hydrogens is 358 g/mol. The third-order valence-electron chi connectivity index (χ3n) is 4.13. The average molecular weight is 376 g/mol. The summed E-state index contributed by atoms with van der Waals surface area (Å²) in [6.45, 7) is 6.10. The van der Waals surface area contributed by atoms with Gasteiger partial charge in [-0.2, -0.15) is 0 Å². The number of thiophene rings is 1. The van der Waals surface area contributed by atoms with E-state index in [1.807, 2.05) is 26.8 Å². The zero-order chi connectivity index (χ0) is 18.1. The smallest absolute Gasteiger partial charge is 0.262 e. The van der Waals surface area contributed by atoms with E-state index < -0.39 is 0 Å². The average Bonchev–Trinajstić information content (AvgIpc) is 2.85. The molecule has 2 aromatic heterocycles. The molecule has 1 amide bonds. The summed E-state index contributed by atoms with van der Waals surface area (Å²) < 4.78 is 1.48. The summed E-state index contributed by atoms with van der Waals surface area (Å²) >= 11 is 7.63. The molecule has 3 aromatic rings. The second-order valence-electron chi connectivity index (χ2n) is 5.99. The van der Waals surface area contributed by atoms with Crippen molar-refractivity contribution in [3.8, 4) is 0 Å². The molecular formula is C18H18ClN3O2S. The number of nitrogens with one attached hydrogen (secondary N) is 1. The number of benzene rings is 1. The number of hydrogen-bond acceptors (Lipinski definition) is 4. The minimum atomic E-state index is -0.198. The molecule has 25 heavy (non-hydrogen) atoms. The van der Waals surface area contributed by atoms with Gasteiger partial charge in [0.1, 0.15) is 4.83 Å². The number of hydrogen-bond donors (Lipinski definition) is 1. The van der Waals surface area contributed by atoms with Crippen molar-refractivity contribution in [2.45, 2.75) is 33.7 Å². The van der Waals surface area contributed by atoms with Gasteiger partial charge in [0.15, 0.2) is 0 Å². The molecule has 0 unspecified atom stereocenters.